The number of aliphatic carboxylic acids is 1. The second kappa shape index (κ2) is 13.8. The number of unbranched alkanes of at least 4 members (excludes halogenated alkanes) is 2. The molecule has 0 aliphatic carbocycles. The van der Waals surface area contributed by atoms with Crippen molar-refractivity contribution in [3.63, 3.8) is 0 Å². The third kappa shape index (κ3) is 14.7. The monoisotopic (exact) mass is 256 g/mol. The van der Waals surface area contributed by atoms with E-state index in [0.29, 0.717) is 32.1 Å². The number of hydrogen-bond acceptors (Lipinski definition) is 1. The molecule has 0 aliphatic heterocycles. The van der Waals surface area contributed by atoms with Gasteiger partial charge >= 0.3 is 5.97 Å². The van der Waals surface area contributed by atoms with Crippen molar-refractivity contribution in [3.8, 4) is 0 Å². The van der Waals surface area contributed by atoms with Gasteiger partial charge in [0.15, 0.2) is 0 Å². The summed E-state index contributed by atoms with van der Waals surface area (Å²) in [6, 6.07) is 0.00448. The Morgan fingerprint density at radius 1 is 1.00 bits per heavy atom. The van der Waals surface area contributed by atoms with Crippen LogP contribution in [0.15, 0.2) is 36.3 Å². The average molecular weight is 256 g/mol. The number of rotatable bonds is 11. The molecule has 0 atom stereocenters. The fraction of sp³-hybridized carbons (Fsp3) is 0.562. The molecule has 0 aromatic carbocycles. The van der Waals surface area contributed by atoms with Crippen LogP contribution < -0.4 is 0 Å². The van der Waals surface area contributed by atoms with E-state index in [1.165, 1.54) is 0 Å². The van der Waals surface area contributed by atoms with Gasteiger partial charge in [-0.05, 0) is 38.5 Å². The number of carboxylic acids is 1. The van der Waals surface area contributed by atoms with Gasteiger partial charge in [-0.15, -0.1) is 0 Å². The Balaban J connectivity index is 4.56. The van der Waals surface area contributed by atoms with Crippen molar-refractivity contribution >= 4 is 5.97 Å². The van der Waals surface area contributed by atoms with Crippen LogP contribution in [0.3, 0.4) is 0 Å². The van der Waals surface area contributed by atoms with Gasteiger partial charge in [0.05, 0.1) is 8.22 Å². The number of carbonyl (C=O) groups is 1. The van der Waals surface area contributed by atoms with E-state index in [1.807, 2.05) is 0 Å². The largest absolute Gasteiger partial charge is 0.481 e. The molecule has 2 heteroatoms. The van der Waals surface area contributed by atoms with Gasteiger partial charge in [0.25, 0.3) is 0 Å². The molecule has 0 unspecified atom stereocenters. The van der Waals surface area contributed by atoms with E-state index in [-0.39, 0.29) is 55.6 Å². The van der Waals surface area contributed by atoms with Crippen molar-refractivity contribution in [3.05, 3.63) is 36.3 Å². The fourth-order valence-corrected chi connectivity index (χ4v) is 1.22. The highest BCUT2D eigenvalue weighted by molar-refractivity contribution is 5.66. The van der Waals surface area contributed by atoms with E-state index in [4.69, 9.17) is 13.3 Å². The van der Waals surface area contributed by atoms with Crippen LogP contribution in [0.2, 0.25) is 0 Å². The van der Waals surface area contributed by atoms with Crippen molar-refractivity contribution in [1.29, 1.82) is 0 Å². The summed E-state index contributed by atoms with van der Waals surface area (Å²) < 4.78 is 46.4. The van der Waals surface area contributed by atoms with Gasteiger partial charge in [-0.3, -0.25) is 4.79 Å². The van der Waals surface area contributed by atoms with Crippen molar-refractivity contribution in [1.82, 2.24) is 0 Å². The smallest absolute Gasteiger partial charge is 0.303 e. The predicted molar refractivity (Wildman–Crippen MR) is 77.7 cm³/mol. The molecular formula is C16H26O2. The van der Waals surface area contributed by atoms with Crippen LogP contribution in [0.1, 0.15) is 66.5 Å². The van der Waals surface area contributed by atoms with Crippen LogP contribution in [-0.4, -0.2) is 11.1 Å². The summed E-state index contributed by atoms with van der Waals surface area (Å²) in [5.74, 6) is -0.841. The van der Waals surface area contributed by atoms with Crippen LogP contribution in [0, 0.1) is 0 Å². The lowest BCUT2D eigenvalue weighted by molar-refractivity contribution is -0.137. The first-order chi connectivity index (χ1) is 11.2. The summed E-state index contributed by atoms with van der Waals surface area (Å²) in [5, 5.41) is 8.53. The van der Waals surface area contributed by atoms with E-state index in [2.05, 4.69) is 0 Å². The zero-order chi connectivity index (χ0) is 18.7. The molecule has 0 amide bonds. The first kappa shape index (κ1) is 8.73. The second-order valence-corrected chi connectivity index (χ2v) is 3.72. The van der Waals surface area contributed by atoms with Crippen molar-refractivity contribution in [2.75, 3.05) is 0 Å². The Hall–Kier alpha value is -1.31. The second-order valence-electron chi connectivity index (χ2n) is 3.72. The fourth-order valence-electron chi connectivity index (χ4n) is 1.22. The molecule has 0 saturated heterocycles. The van der Waals surface area contributed by atoms with Gasteiger partial charge in [0.2, 0.25) is 0 Å². The molecule has 18 heavy (non-hydrogen) atoms. The number of hydrogen-bond donors (Lipinski definition) is 1. The Kier molecular flexibility index (Phi) is 6.67. The first-order valence-corrected chi connectivity index (χ1v) is 6.36. The zero-order valence-electron chi connectivity index (χ0n) is 17.0. The van der Waals surface area contributed by atoms with Gasteiger partial charge in [0.1, 0.15) is 0 Å². The maximum absolute atomic E-state index is 10.4. The minimum atomic E-state index is -0.841. The van der Waals surface area contributed by atoms with Gasteiger partial charge in [0, 0.05) is 6.42 Å². The molecule has 0 spiro atoms. The van der Waals surface area contributed by atoms with Crippen LogP contribution in [-0.2, 0) is 4.79 Å². The topological polar surface area (TPSA) is 37.3 Å². The van der Waals surface area contributed by atoms with E-state index < -0.39 is 5.97 Å². The Labute approximate surface area is 120 Å². The predicted octanol–water partition coefficient (Wildman–Crippen LogP) is 4.88. The zero-order valence-corrected chi connectivity index (χ0v) is 11.0. The third-order valence-corrected chi connectivity index (χ3v) is 2.10. The summed E-state index contributed by atoms with van der Waals surface area (Å²) in [6.45, 7) is 1.75. The van der Waals surface area contributed by atoms with Crippen LogP contribution in [0.5, 0.6) is 0 Å². The molecule has 0 radical (unpaired) electrons. The highest BCUT2D eigenvalue weighted by Crippen LogP contribution is 2.04. The summed E-state index contributed by atoms with van der Waals surface area (Å²) in [6.07, 6.45) is 2.48. The molecule has 102 valence electrons. The molecule has 0 fully saturated rings. The lowest BCUT2D eigenvalue weighted by atomic mass is 10.1. The lowest BCUT2D eigenvalue weighted by Crippen LogP contribution is -1.93. The molecular weight excluding hydrogens is 224 g/mol. The SMILES string of the molecule is [2H]/C(CC)=C(/[2H])C/C([2H])=C(\[2H])C/C([2H])=C(\[2H])CCCCCC(=O)O. The van der Waals surface area contributed by atoms with E-state index in [9.17, 15) is 4.79 Å². The van der Waals surface area contributed by atoms with Crippen LogP contribution in [0.25, 0.3) is 0 Å². The van der Waals surface area contributed by atoms with E-state index in [0.717, 1.165) is 0 Å². The van der Waals surface area contributed by atoms with Crippen LogP contribution in [0.4, 0.5) is 0 Å². The highest BCUT2D eigenvalue weighted by atomic mass is 16.4. The molecule has 0 rings (SSSR count). The third-order valence-electron chi connectivity index (χ3n) is 2.10. The lowest BCUT2D eigenvalue weighted by Gasteiger charge is -1.94. The molecule has 0 bridgehead atoms. The maximum atomic E-state index is 10.4. The van der Waals surface area contributed by atoms with Gasteiger partial charge in [-0.25, -0.2) is 0 Å². The van der Waals surface area contributed by atoms with Gasteiger partial charge in [-0.2, -0.15) is 0 Å². The first-order valence-electron chi connectivity index (χ1n) is 9.36. The van der Waals surface area contributed by atoms with Gasteiger partial charge < -0.3 is 5.11 Å². The van der Waals surface area contributed by atoms with Crippen molar-refractivity contribution in [2.24, 2.45) is 0 Å². The van der Waals surface area contributed by atoms with E-state index in [1.54, 1.807) is 6.92 Å². The molecule has 0 aromatic heterocycles. The molecule has 2 nitrogen and oxygen atoms in total. The maximum Gasteiger partial charge on any atom is 0.303 e. The molecule has 1 N–H and O–H groups in total. The Morgan fingerprint density at radius 3 is 2.22 bits per heavy atom. The van der Waals surface area contributed by atoms with Crippen molar-refractivity contribution in [2.45, 2.75) is 58.3 Å². The summed E-state index contributed by atoms with van der Waals surface area (Å²) in [7, 11) is 0. The van der Waals surface area contributed by atoms with Crippen LogP contribution >= 0.6 is 0 Å². The van der Waals surface area contributed by atoms with E-state index >= 15 is 0 Å². The Morgan fingerprint density at radius 2 is 1.61 bits per heavy atom. The number of allylic oxidation sites excluding steroid dienone is 6. The normalized spacial score (nSPS) is 20.1. The summed E-state index contributed by atoms with van der Waals surface area (Å²) in [4.78, 5) is 10.4. The standard InChI is InChI=1S/C16H26O2/c1-2-3-4-5-6-7-8-9-10-11-12-13-14-15-16(17)18/h3-4,6-7,9-10H,2,5,8,11-15H2,1H3,(H,17,18)/b4-3+,7-6+,10-9+/i3D,4D,6D,7D,9D,10D. The minimum absolute atomic E-state index is 0.00675. The van der Waals surface area contributed by atoms with Crippen molar-refractivity contribution < 1.29 is 18.1 Å². The molecule has 0 aromatic rings. The summed E-state index contributed by atoms with van der Waals surface area (Å²) in [5.41, 5.74) is 0. The minimum Gasteiger partial charge on any atom is -0.481 e. The molecule has 0 aliphatic rings. The Bertz CT molecular complexity index is 523. The summed E-state index contributed by atoms with van der Waals surface area (Å²) >= 11 is 0. The molecule has 0 heterocycles. The van der Waals surface area contributed by atoms with Gasteiger partial charge in [-0.1, -0.05) is 49.7 Å². The highest BCUT2D eigenvalue weighted by Gasteiger charge is 1.94. The quantitative estimate of drug-likeness (QED) is 0.422. The molecule has 0 saturated carbocycles. The number of carboxylic acid groups (broad SMARTS) is 1. The average Bonchev–Trinajstić information content (AvgIpc) is 2.52.